The molecular formula is C16H23NO3. The average molecular weight is 277 g/mol. The second kappa shape index (κ2) is 6.86. The molecule has 0 N–H and O–H groups in total. The normalized spacial score (nSPS) is 14.6. The molecule has 0 unspecified atom stereocenters. The minimum Gasteiger partial charge on any atom is -0.496 e. The molecule has 1 aliphatic carbocycles. The van der Waals surface area contributed by atoms with Crippen molar-refractivity contribution < 1.29 is 14.3 Å². The molecule has 0 bridgehead atoms. The van der Waals surface area contributed by atoms with Crippen LogP contribution >= 0.6 is 0 Å². The Morgan fingerprint density at radius 2 is 2.10 bits per heavy atom. The lowest BCUT2D eigenvalue weighted by Crippen LogP contribution is -2.34. The summed E-state index contributed by atoms with van der Waals surface area (Å²) in [6.45, 7) is 3.90. The van der Waals surface area contributed by atoms with Gasteiger partial charge < -0.3 is 9.47 Å². The monoisotopic (exact) mass is 277 g/mol. The maximum atomic E-state index is 12.5. The highest BCUT2D eigenvalue weighted by molar-refractivity contribution is 6.00. The molecule has 1 saturated carbocycles. The fourth-order valence-electron chi connectivity index (χ4n) is 2.34. The summed E-state index contributed by atoms with van der Waals surface area (Å²) in [6.07, 6.45) is 2.37. The standard InChI is InChI=1S/C16H23NO3/c1-12-4-7-14(16(10-12)20-3)15(18)11-17(8-9-19-2)13-5-6-13/h4,7,10,13H,5-6,8-9,11H2,1-3H3. The van der Waals surface area contributed by atoms with Gasteiger partial charge >= 0.3 is 0 Å². The number of ketones is 1. The molecule has 0 aromatic heterocycles. The molecule has 0 atom stereocenters. The first-order valence-electron chi connectivity index (χ1n) is 7.06. The van der Waals surface area contributed by atoms with Crippen molar-refractivity contribution in [3.8, 4) is 5.75 Å². The van der Waals surface area contributed by atoms with E-state index in [0.717, 1.165) is 12.1 Å². The van der Waals surface area contributed by atoms with Crippen LogP contribution in [0.5, 0.6) is 5.75 Å². The molecule has 0 saturated heterocycles. The van der Waals surface area contributed by atoms with Gasteiger partial charge in [0, 0.05) is 19.7 Å². The van der Waals surface area contributed by atoms with Crippen LogP contribution in [0.3, 0.4) is 0 Å². The van der Waals surface area contributed by atoms with Gasteiger partial charge in [0.25, 0.3) is 0 Å². The van der Waals surface area contributed by atoms with Gasteiger partial charge in [-0.25, -0.2) is 0 Å². The lowest BCUT2D eigenvalue weighted by molar-refractivity contribution is 0.0883. The number of benzene rings is 1. The highest BCUT2D eigenvalue weighted by Gasteiger charge is 2.30. The predicted octanol–water partition coefficient (Wildman–Crippen LogP) is 2.30. The van der Waals surface area contributed by atoms with Gasteiger partial charge in [0.05, 0.1) is 25.8 Å². The van der Waals surface area contributed by atoms with E-state index in [2.05, 4.69) is 4.90 Å². The number of carbonyl (C=O) groups excluding carboxylic acids is 1. The van der Waals surface area contributed by atoms with Gasteiger partial charge in [-0.3, -0.25) is 9.69 Å². The van der Waals surface area contributed by atoms with Crippen molar-refractivity contribution in [2.75, 3.05) is 33.9 Å². The van der Waals surface area contributed by atoms with Gasteiger partial charge in [-0.15, -0.1) is 0 Å². The van der Waals surface area contributed by atoms with Crippen molar-refractivity contribution in [1.82, 2.24) is 4.90 Å². The largest absolute Gasteiger partial charge is 0.496 e. The van der Waals surface area contributed by atoms with E-state index in [1.807, 2.05) is 25.1 Å². The Hall–Kier alpha value is -1.39. The van der Waals surface area contributed by atoms with Crippen molar-refractivity contribution in [1.29, 1.82) is 0 Å². The minimum absolute atomic E-state index is 0.116. The van der Waals surface area contributed by atoms with Gasteiger partial charge in [-0.05, 0) is 37.5 Å². The molecule has 1 aromatic rings. The zero-order valence-electron chi connectivity index (χ0n) is 12.5. The third-order valence-electron chi connectivity index (χ3n) is 3.65. The van der Waals surface area contributed by atoms with E-state index in [1.165, 1.54) is 12.8 Å². The average Bonchev–Trinajstić information content (AvgIpc) is 3.27. The van der Waals surface area contributed by atoms with Crippen LogP contribution in [0, 0.1) is 6.92 Å². The molecule has 110 valence electrons. The molecule has 4 heteroatoms. The van der Waals surface area contributed by atoms with E-state index in [0.29, 0.717) is 30.5 Å². The molecule has 0 aliphatic heterocycles. The maximum absolute atomic E-state index is 12.5. The van der Waals surface area contributed by atoms with E-state index in [-0.39, 0.29) is 5.78 Å². The Morgan fingerprint density at radius 3 is 2.70 bits per heavy atom. The van der Waals surface area contributed by atoms with Crippen molar-refractivity contribution in [2.45, 2.75) is 25.8 Å². The molecule has 2 rings (SSSR count). The number of hydrogen-bond donors (Lipinski definition) is 0. The van der Waals surface area contributed by atoms with Gasteiger partial charge in [0.15, 0.2) is 5.78 Å². The number of carbonyl (C=O) groups is 1. The Labute approximate surface area is 120 Å². The molecule has 1 fully saturated rings. The number of Topliss-reactive ketones (excluding diaryl/α,β-unsaturated/α-hetero) is 1. The first-order chi connectivity index (χ1) is 9.65. The molecule has 4 nitrogen and oxygen atoms in total. The summed E-state index contributed by atoms with van der Waals surface area (Å²) in [5.41, 5.74) is 1.76. The van der Waals surface area contributed by atoms with Gasteiger partial charge in [-0.2, -0.15) is 0 Å². The summed E-state index contributed by atoms with van der Waals surface area (Å²) in [4.78, 5) is 14.7. The lowest BCUT2D eigenvalue weighted by Gasteiger charge is -2.21. The number of aryl methyl sites for hydroxylation is 1. The van der Waals surface area contributed by atoms with Crippen LogP contribution in [0.4, 0.5) is 0 Å². The van der Waals surface area contributed by atoms with Crippen LogP contribution in [-0.4, -0.2) is 50.6 Å². The highest BCUT2D eigenvalue weighted by Crippen LogP contribution is 2.27. The van der Waals surface area contributed by atoms with Crippen molar-refractivity contribution in [2.24, 2.45) is 0 Å². The SMILES string of the molecule is COCCN(CC(=O)c1ccc(C)cc1OC)C1CC1. The van der Waals surface area contributed by atoms with Crippen LogP contribution < -0.4 is 4.74 Å². The second-order valence-corrected chi connectivity index (χ2v) is 5.32. The predicted molar refractivity (Wildman–Crippen MR) is 78.5 cm³/mol. The summed E-state index contributed by atoms with van der Waals surface area (Å²) in [5.74, 6) is 0.780. The molecular weight excluding hydrogens is 254 g/mol. The molecule has 1 aromatic carbocycles. The zero-order valence-corrected chi connectivity index (χ0v) is 12.5. The fourth-order valence-corrected chi connectivity index (χ4v) is 2.34. The quantitative estimate of drug-likeness (QED) is 0.683. The Kier molecular flexibility index (Phi) is 5.15. The highest BCUT2D eigenvalue weighted by atomic mass is 16.5. The molecule has 20 heavy (non-hydrogen) atoms. The molecule has 0 spiro atoms. The van der Waals surface area contributed by atoms with Crippen LogP contribution in [0.15, 0.2) is 18.2 Å². The Morgan fingerprint density at radius 1 is 1.35 bits per heavy atom. The molecule has 0 radical (unpaired) electrons. The molecule has 0 amide bonds. The third-order valence-corrected chi connectivity index (χ3v) is 3.65. The summed E-state index contributed by atoms with van der Waals surface area (Å²) < 4.78 is 10.4. The first-order valence-corrected chi connectivity index (χ1v) is 7.06. The lowest BCUT2D eigenvalue weighted by atomic mass is 10.1. The van der Waals surface area contributed by atoms with Crippen molar-refractivity contribution in [3.63, 3.8) is 0 Å². The first kappa shape index (κ1) is 15.0. The van der Waals surface area contributed by atoms with E-state index in [1.54, 1.807) is 14.2 Å². The Bertz CT molecular complexity index is 469. The number of ether oxygens (including phenoxy) is 2. The van der Waals surface area contributed by atoms with E-state index in [4.69, 9.17) is 9.47 Å². The van der Waals surface area contributed by atoms with Crippen LogP contribution in [0.2, 0.25) is 0 Å². The van der Waals surface area contributed by atoms with Crippen LogP contribution in [-0.2, 0) is 4.74 Å². The van der Waals surface area contributed by atoms with Crippen LogP contribution in [0.1, 0.15) is 28.8 Å². The second-order valence-electron chi connectivity index (χ2n) is 5.32. The van der Waals surface area contributed by atoms with E-state index >= 15 is 0 Å². The maximum Gasteiger partial charge on any atom is 0.180 e. The summed E-state index contributed by atoms with van der Waals surface area (Å²) in [6, 6.07) is 6.26. The smallest absolute Gasteiger partial charge is 0.180 e. The summed E-state index contributed by atoms with van der Waals surface area (Å²) in [5, 5.41) is 0. The van der Waals surface area contributed by atoms with Gasteiger partial charge in [-0.1, -0.05) is 6.07 Å². The number of methoxy groups -OCH3 is 2. The van der Waals surface area contributed by atoms with Gasteiger partial charge in [0.1, 0.15) is 5.75 Å². The number of rotatable bonds is 8. The van der Waals surface area contributed by atoms with Crippen molar-refractivity contribution in [3.05, 3.63) is 29.3 Å². The number of nitrogens with zero attached hydrogens (tertiary/aromatic N) is 1. The van der Waals surface area contributed by atoms with E-state index in [9.17, 15) is 4.79 Å². The van der Waals surface area contributed by atoms with Crippen molar-refractivity contribution >= 4 is 5.78 Å². The molecule has 1 aliphatic rings. The van der Waals surface area contributed by atoms with Crippen LogP contribution in [0.25, 0.3) is 0 Å². The number of hydrogen-bond acceptors (Lipinski definition) is 4. The summed E-state index contributed by atoms with van der Waals surface area (Å²) in [7, 11) is 3.30. The molecule has 0 heterocycles. The minimum atomic E-state index is 0.116. The van der Waals surface area contributed by atoms with E-state index < -0.39 is 0 Å². The van der Waals surface area contributed by atoms with Gasteiger partial charge in [0.2, 0.25) is 0 Å². The topological polar surface area (TPSA) is 38.8 Å². The fraction of sp³-hybridized carbons (Fsp3) is 0.562. The zero-order chi connectivity index (χ0) is 14.5. The Balaban J connectivity index is 2.06. The summed E-state index contributed by atoms with van der Waals surface area (Å²) >= 11 is 0. The third kappa shape index (κ3) is 3.81.